The SMILES string of the molecule is CC(C)Nc1cc(-c2ccc3cc(C#N)cnn23)ncc1C(=O)N[C@H]1CC[C@H](CN2CCC(c3cccc4c3n(C)c(=O)n4C3CCC(=O)NC3=O)CC2)C(CC(C)Nc2cc(-c3ccc4cc(C#N)cnn34)ncc2C(=O)NC2CCC(CN3CCC(c4cccc5c(N6CCC(=O)NC6=O)cncc45)CC3)CC2)C1. The zero-order valence-corrected chi connectivity index (χ0v) is 63.0. The predicted octanol–water partition coefficient (Wildman–Crippen LogP) is 10.7. The van der Waals surface area contributed by atoms with Crippen molar-refractivity contribution in [2.24, 2.45) is 24.8 Å². The second-order valence-electron chi connectivity index (χ2n) is 31.7. The Morgan fingerprint density at radius 2 is 1.18 bits per heavy atom. The van der Waals surface area contributed by atoms with Gasteiger partial charge in [0.1, 0.15) is 18.2 Å². The van der Waals surface area contributed by atoms with E-state index in [1.54, 1.807) is 60.8 Å². The number of hydrogen-bond donors (Lipinski definition) is 6. The van der Waals surface area contributed by atoms with Crippen LogP contribution >= 0.6 is 0 Å². The van der Waals surface area contributed by atoms with E-state index < -0.39 is 18.0 Å². The van der Waals surface area contributed by atoms with Crippen molar-refractivity contribution >= 4 is 85.5 Å². The number of anilines is 3. The molecule has 6 N–H and O–H groups in total. The van der Waals surface area contributed by atoms with E-state index in [9.17, 15) is 39.3 Å². The average Bonchev–Trinajstić information content (AvgIpc) is 1.58. The molecule has 6 fully saturated rings. The summed E-state index contributed by atoms with van der Waals surface area (Å²) >= 11 is 0. The Bertz CT molecular complexity index is 5450. The van der Waals surface area contributed by atoms with Crippen molar-refractivity contribution in [2.45, 2.75) is 159 Å². The molecule has 4 saturated heterocycles. The number of piperidine rings is 3. The van der Waals surface area contributed by atoms with Crippen LogP contribution in [-0.4, -0.2) is 159 Å². The maximum absolute atomic E-state index is 15.0. The fraction of sp³-hybridized carbons (Fsp3) is 0.429. The maximum Gasteiger partial charge on any atom is 0.329 e. The molecule has 570 valence electrons. The Labute approximate surface area is 642 Å². The quantitative estimate of drug-likeness (QED) is 0.0386. The van der Waals surface area contributed by atoms with Crippen LogP contribution in [0.3, 0.4) is 0 Å². The van der Waals surface area contributed by atoms with Crippen LogP contribution in [-0.2, 0) is 21.4 Å². The number of nitriles is 2. The normalized spacial score (nSPS) is 21.5. The van der Waals surface area contributed by atoms with Crippen molar-refractivity contribution < 1.29 is 28.8 Å². The van der Waals surface area contributed by atoms with E-state index in [2.05, 4.69) is 94.1 Å². The summed E-state index contributed by atoms with van der Waals surface area (Å²) in [6, 6.07) is 30.0. The summed E-state index contributed by atoms with van der Waals surface area (Å²) in [5.41, 5.74) is 11.4. The molecule has 2 aliphatic carbocycles. The second-order valence-corrected chi connectivity index (χ2v) is 31.7. The van der Waals surface area contributed by atoms with Crippen molar-refractivity contribution in [1.82, 2.24) is 74.4 Å². The number of aromatic nitrogens is 9. The van der Waals surface area contributed by atoms with Crippen LogP contribution in [0.2, 0.25) is 0 Å². The standard InChI is InChI=1S/C84H92N20O7/c1-49(2)92-68-37-70(72-19-17-60-34-52(39-85)41-90-103(60)72)88-44-66(68)81(108)95-59-16-13-56(48-100-30-25-55(26-31-100)63-8-6-10-74-79(63)98(4)84(111)102(74)75-21-22-77(105)96-82(75)109)57(36-59)33-50(3)93-69-38-71(73-20-18-61-35-53(40-86)42-91-104(61)73)89-45-67(69)80(107)94-58-14-11-51(12-15-58)47-99-28-23-54(24-29-99)62-7-5-9-64-65(62)43-87-46-76(64)101-32-27-78(106)97-83(101)110/h5-10,17-20,34-35,37-38,41-46,49-51,54-59,75H,11-16,21-33,36,47-48H2,1-4H3,(H,88,92)(H,89,93)(H,94,107)(H,95,108)(H,96,105,109)(H,97,106,110)/t50?,51?,56-,57?,58?,59+,75?/m1/s1. The number of urea groups is 1. The molecule has 4 aliphatic heterocycles. The topological polar surface area (TPSA) is 332 Å². The van der Waals surface area contributed by atoms with Crippen LogP contribution in [0.1, 0.15) is 178 Å². The number of aryl methyl sites for hydroxylation is 1. The number of fused-ring (bicyclic) bond motifs is 4. The Hall–Kier alpha value is -11.7. The van der Waals surface area contributed by atoms with Gasteiger partial charge in [-0.15, -0.1) is 0 Å². The third-order valence-corrected chi connectivity index (χ3v) is 24.1. The molecule has 16 rings (SSSR count). The lowest BCUT2D eigenvalue weighted by atomic mass is 9.73. The summed E-state index contributed by atoms with van der Waals surface area (Å²) < 4.78 is 6.72. The number of rotatable bonds is 20. The number of para-hydroxylation sites is 1. The molecule has 7 amide bonds. The number of nitrogens with zero attached hydrogens (tertiary/aromatic N) is 14. The Morgan fingerprint density at radius 1 is 0.586 bits per heavy atom. The molecule has 0 spiro atoms. The smallest absolute Gasteiger partial charge is 0.329 e. The molecule has 2 aromatic carbocycles. The Balaban J connectivity index is 0.619. The van der Waals surface area contributed by atoms with Gasteiger partial charge in [-0.05, 0) is 226 Å². The van der Waals surface area contributed by atoms with Gasteiger partial charge in [0.05, 0.1) is 103 Å². The van der Waals surface area contributed by atoms with Gasteiger partial charge in [-0.25, -0.2) is 18.6 Å². The Kier molecular flexibility index (Phi) is 20.8. The van der Waals surface area contributed by atoms with E-state index in [0.717, 1.165) is 142 Å². The van der Waals surface area contributed by atoms with Gasteiger partial charge in [-0.2, -0.15) is 20.7 Å². The first-order chi connectivity index (χ1) is 53.9. The van der Waals surface area contributed by atoms with Crippen LogP contribution < -0.4 is 42.5 Å². The molecule has 27 heteroatoms. The number of nitrogens with one attached hydrogen (secondary N) is 6. The third-order valence-electron chi connectivity index (χ3n) is 24.1. The van der Waals surface area contributed by atoms with E-state index >= 15 is 4.79 Å². The molecule has 0 radical (unpaired) electrons. The number of hydrogen-bond acceptors (Lipinski definition) is 18. The number of benzene rings is 2. The highest BCUT2D eigenvalue weighted by Crippen LogP contribution is 2.42. The summed E-state index contributed by atoms with van der Waals surface area (Å²) in [6.45, 7) is 12.0. The Morgan fingerprint density at radius 3 is 1.81 bits per heavy atom. The molecular weight excluding hydrogens is 1400 g/mol. The lowest BCUT2D eigenvalue weighted by molar-refractivity contribution is -0.135. The molecule has 2 saturated carbocycles. The summed E-state index contributed by atoms with van der Waals surface area (Å²) in [6.07, 6.45) is 21.0. The lowest BCUT2D eigenvalue weighted by Crippen LogP contribution is -2.49. The van der Waals surface area contributed by atoms with Crippen LogP contribution in [0.4, 0.5) is 21.9 Å². The zero-order chi connectivity index (χ0) is 76.7. The molecular formula is C84H92N20O7. The number of pyridine rings is 3. The van der Waals surface area contributed by atoms with Gasteiger partial charge in [0, 0.05) is 93.1 Å². The summed E-state index contributed by atoms with van der Waals surface area (Å²) in [7, 11) is 1.76. The molecule has 5 atom stereocenters. The molecule has 111 heavy (non-hydrogen) atoms. The van der Waals surface area contributed by atoms with Crippen LogP contribution in [0, 0.1) is 40.4 Å². The number of carbonyl (C=O) groups excluding carboxylic acids is 6. The molecule has 0 bridgehead atoms. The fourth-order valence-electron chi connectivity index (χ4n) is 18.5. The highest BCUT2D eigenvalue weighted by Gasteiger charge is 2.38. The largest absolute Gasteiger partial charge is 0.382 e. The van der Waals surface area contributed by atoms with E-state index in [1.807, 2.05) is 74.6 Å². The first kappa shape index (κ1) is 73.5. The van der Waals surface area contributed by atoms with Crippen LogP contribution in [0.5, 0.6) is 0 Å². The van der Waals surface area contributed by atoms with E-state index in [1.165, 1.54) is 18.0 Å². The monoisotopic (exact) mass is 1490 g/mol. The van der Waals surface area contributed by atoms with Crippen molar-refractivity contribution in [1.29, 1.82) is 10.5 Å². The van der Waals surface area contributed by atoms with Crippen molar-refractivity contribution in [3.63, 3.8) is 0 Å². The van der Waals surface area contributed by atoms with Gasteiger partial charge in [-0.1, -0.05) is 30.3 Å². The fourth-order valence-corrected chi connectivity index (χ4v) is 18.5. The van der Waals surface area contributed by atoms with Gasteiger partial charge < -0.3 is 31.1 Å². The van der Waals surface area contributed by atoms with Crippen LogP contribution in [0.15, 0.2) is 127 Å². The summed E-state index contributed by atoms with van der Waals surface area (Å²) in [5, 5.41) is 49.7. The van der Waals surface area contributed by atoms with Gasteiger partial charge in [0.25, 0.3) is 11.8 Å². The van der Waals surface area contributed by atoms with E-state index in [4.69, 9.17) is 9.97 Å². The molecule has 10 aromatic rings. The number of imide groups is 2. The third kappa shape index (κ3) is 15.2. The number of imidazole rings is 1. The van der Waals surface area contributed by atoms with Gasteiger partial charge >= 0.3 is 11.7 Å². The average molecular weight is 1490 g/mol. The van der Waals surface area contributed by atoms with Gasteiger partial charge in [-0.3, -0.25) is 63.6 Å². The summed E-state index contributed by atoms with van der Waals surface area (Å²) in [5.74, 6) is -0.155. The van der Waals surface area contributed by atoms with Gasteiger partial charge in [0.15, 0.2) is 0 Å². The second kappa shape index (κ2) is 31.4. The maximum atomic E-state index is 15.0. The lowest BCUT2D eigenvalue weighted by Gasteiger charge is -2.42. The molecule has 27 nitrogen and oxygen atoms in total. The summed E-state index contributed by atoms with van der Waals surface area (Å²) in [4.78, 5) is 115. The molecule has 6 aliphatic rings. The van der Waals surface area contributed by atoms with E-state index in [-0.39, 0.29) is 90.5 Å². The minimum atomic E-state index is -0.776. The molecule has 3 unspecified atom stereocenters. The van der Waals surface area contributed by atoms with Crippen molar-refractivity contribution in [3.05, 3.63) is 166 Å². The number of carbonyl (C=O) groups is 6. The number of likely N-dealkylation sites (tertiary alicyclic amines) is 2. The minimum absolute atomic E-state index is 0.0119. The van der Waals surface area contributed by atoms with Crippen molar-refractivity contribution in [2.75, 3.05) is 61.3 Å². The van der Waals surface area contributed by atoms with Crippen LogP contribution in [0.25, 0.3) is 55.6 Å². The highest BCUT2D eigenvalue weighted by atomic mass is 16.2. The highest BCUT2D eigenvalue weighted by molar-refractivity contribution is 6.10. The first-order valence-electron chi connectivity index (χ1n) is 39.3. The first-order valence-corrected chi connectivity index (χ1v) is 39.3. The molecule has 12 heterocycles. The predicted molar refractivity (Wildman–Crippen MR) is 421 cm³/mol. The number of amides is 7. The van der Waals surface area contributed by atoms with Gasteiger partial charge in [0.2, 0.25) is 17.7 Å². The molecule has 8 aromatic heterocycles. The zero-order valence-electron chi connectivity index (χ0n) is 63.0. The minimum Gasteiger partial charge on any atom is -0.382 e. The van der Waals surface area contributed by atoms with E-state index in [0.29, 0.717) is 93.1 Å². The van der Waals surface area contributed by atoms with Crippen molar-refractivity contribution in [3.8, 4) is 34.9 Å².